The van der Waals surface area contributed by atoms with Crippen molar-refractivity contribution in [1.29, 1.82) is 0 Å². The molecule has 1 fully saturated rings. The van der Waals surface area contributed by atoms with Crippen LogP contribution in [0, 0.1) is 5.92 Å². The SMILES string of the molecule is NC(=O)c1csc(CNC2CCCCCC2CO)c1. The highest BCUT2D eigenvalue weighted by atomic mass is 32.1. The zero-order chi connectivity index (χ0) is 13.7. The van der Waals surface area contributed by atoms with E-state index in [4.69, 9.17) is 5.73 Å². The van der Waals surface area contributed by atoms with Gasteiger partial charge in [-0.3, -0.25) is 4.79 Å². The van der Waals surface area contributed by atoms with Gasteiger partial charge in [0.2, 0.25) is 5.91 Å². The number of hydrogen-bond donors (Lipinski definition) is 3. The highest BCUT2D eigenvalue weighted by Crippen LogP contribution is 2.24. The molecule has 1 heterocycles. The van der Waals surface area contributed by atoms with Crippen molar-refractivity contribution in [2.24, 2.45) is 11.7 Å². The molecule has 5 heteroatoms. The van der Waals surface area contributed by atoms with Crippen LogP contribution in [-0.4, -0.2) is 23.7 Å². The smallest absolute Gasteiger partial charge is 0.249 e. The van der Waals surface area contributed by atoms with Crippen LogP contribution in [0.15, 0.2) is 11.4 Å². The number of carbonyl (C=O) groups is 1. The zero-order valence-corrected chi connectivity index (χ0v) is 11.9. The number of thiophene rings is 1. The summed E-state index contributed by atoms with van der Waals surface area (Å²) in [6.07, 6.45) is 5.93. The van der Waals surface area contributed by atoms with E-state index in [0.29, 0.717) is 17.5 Å². The van der Waals surface area contributed by atoms with Crippen LogP contribution in [0.4, 0.5) is 0 Å². The molecule has 0 bridgehead atoms. The largest absolute Gasteiger partial charge is 0.396 e. The predicted molar refractivity (Wildman–Crippen MR) is 77.1 cm³/mol. The summed E-state index contributed by atoms with van der Waals surface area (Å²) < 4.78 is 0. The fourth-order valence-electron chi connectivity index (χ4n) is 2.71. The van der Waals surface area contributed by atoms with E-state index < -0.39 is 0 Å². The number of aliphatic hydroxyl groups excluding tert-OH is 1. The molecule has 1 aromatic heterocycles. The Morgan fingerprint density at radius 1 is 1.42 bits per heavy atom. The third-order valence-electron chi connectivity index (χ3n) is 3.87. The van der Waals surface area contributed by atoms with Crippen LogP contribution >= 0.6 is 11.3 Å². The van der Waals surface area contributed by atoms with Crippen molar-refractivity contribution in [3.63, 3.8) is 0 Å². The minimum absolute atomic E-state index is 0.259. The topological polar surface area (TPSA) is 75.4 Å². The average molecular weight is 282 g/mol. The summed E-state index contributed by atoms with van der Waals surface area (Å²) in [5, 5.41) is 14.8. The number of amides is 1. The molecule has 2 unspecified atom stereocenters. The van der Waals surface area contributed by atoms with Crippen LogP contribution in [0.2, 0.25) is 0 Å². The van der Waals surface area contributed by atoms with Crippen LogP contribution in [0.25, 0.3) is 0 Å². The van der Waals surface area contributed by atoms with E-state index in [9.17, 15) is 9.90 Å². The van der Waals surface area contributed by atoms with E-state index in [0.717, 1.165) is 24.3 Å². The van der Waals surface area contributed by atoms with Gasteiger partial charge in [0.15, 0.2) is 0 Å². The van der Waals surface area contributed by atoms with Crippen molar-refractivity contribution < 1.29 is 9.90 Å². The Morgan fingerprint density at radius 3 is 2.89 bits per heavy atom. The van der Waals surface area contributed by atoms with Gasteiger partial charge in [0.1, 0.15) is 0 Å². The summed E-state index contributed by atoms with van der Waals surface area (Å²) in [5.41, 5.74) is 5.83. The molecule has 1 aliphatic rings. The summed E-state index contributed by atoms with van der Waals surface area (Å²) in [6.45, 7) is 1.01. The molecule has 2 rings (SSSR count). The van der Waals surface area contributed by atoms with Gasteiger partial charge in [-0.15, -0.1) is 11.3 Å². The van der Waals surface area contributed by atoms with Gasteiger partial charge in [-0.05, 0) is 24.8 Å². The van der Waals surface area contributed by atoms with E-state index >= 15 is 0 Å². The standard InChI is InChI=1S/C14H22N2O2S/c15-14(18)11-6-12(19-9-11)7-16-13-5-3-1-2-4-10(13)8-17/h6,9-10,13,16-17H,1-5,7-8H2,(H2,15,18). The second-order valence-electron chi connectivity index (χ2n) is 5.23. The molecule has 0 spiro atoms. The number of primary amides is 1. The summed E-state index contributed by atoms with van der Waals surface area (Å²) in [4.78, 5) is 12.2. The molecule has 2 atom stereocenters. The van der Waals surface area contributed by atoms with Crippen LogP contribution in [0.3, 0.4) is 0 Å². The molecule has 1 aliphatic carbocycles. The van der Waals surface area contributed by atoms with Gasteiger partial charge in [0.25, 0.3) is 0 Å². The highest BCUT2D eigenvalue weighted by molar-refractivity contribution is 7.10. The maximum absolute atomic E-state index is 11.0. The Hall–Kier alpha value is -0.910. The van der Waals surface area contributed by atoms with Gasteiger partial charge in [-0.2, -0.15) is 0 Å². The molecule has 1 saturated carbocycles. The van der Waals surface area contributed by atoms with Crippen LogP contribution in [0.1, 0.15) is 47.3 Å². The van der Waals surface area contributed by atoms with Crippen molar-refractivity contribution in [1.82, 2.24) is 5.32 Å². The van der Waals surface area contributed by atoms with Crippen LogP contribution < -0.4 is 11.1 Å². The lowest BCUT2D eigenvalue weighted by Crippen LogP contribution is -2.36. The monoisotopic (exact) mass is 282 g/mol. The molecule has 1 aromatic rings. The van der Waals surface area contributed by atoms with Crippen molar-refractivity contribution in [2.45, 2.75) is 44.7 Å². The molecule has 19 heavy (non-hydrogen) atoms. The molecule has 0 aromatic carbocycles. The zero-order valence-electron chi connectivity index (χ0n) is 11.1. The van der Waals surface area contributed by atoms with Crippen molar-refractivity contribution in [3.05, 3.63) is 21.9 Å². The Kier molecular flexibility index (Phi) is 5.36. The van der Waals surface area contributed by atoms with E-state index in [2.05, 4.69) is 5.32 Å². The summed E-state index contributed by atoms with van der Waals surface area (Å²) in [5.74, 6) is -0.0109. The number of nitrogens with two attached hydrogens (primary N) is 1. The minimum atomic E-state index is -0.370. The van der Waals surface area contributed by atoms with E-state index in [1.165, 1.54) is 19.3 Å². The van der Waals surface area contributed by atoms with Gasteiger partial charge in [-0.25, -0.2) is 0 Å². The molecular weight excluding hydrogens is 260 g/mol. The lowest BCUT2D eigenvalue weighted by molar-refractivity contribution is 0.100. The summed E-state index contributed by atoms with van der Waals surface area (Å²) in [6, 6.07) is 2.23. The van der Waals surface area contributed by atoms with Gasteiger partial charge in [0, 0.05) is 29.5 Å². The summed E-state index contributed by atoms with van der Waals surface area (Å²) >= 11 is 1.55. The molecule has 106 valence electrons. The predicted octanol–water partition coefficient (Wildman–Crippen LogP) is 1.88. The second kappa shape index (κ2) is 7.03. The van der Waals surface area contributed by atoms with Gasteiger partial charge >= 0.3 is 0 Å². The number of rotatable bonds is 5. The maximum Gasteiger partial charge on any atom is 0.249 e. The fraction of sp³-hybridized carbons (Fsp3) is 0.643. The number of carbonyl (C=O) groups excluding carboxylic acids is 1. The molecule has 0 aliphatic heterocycles. The first-order valence-corrected chi connectivity index (χ1v) is 7.80. The summed E-state index contributed by atoms with van der Waals surface area (Å²) in [7, 11) is 0. The first kappa shape index (κ1) is 14.5. The Labute approximate surface area is 118 Å². The van der Waals surface area contributed by atoms with E-state index in [1.807, 2.05) is 6.07 Å². The lowest BCUT2D eigenvalue weighted by Gasteiger charge is -2.24. The Morgan fingerprint density at radius 2 is 2.21 bits per heavy atom. The van der Waals surface area contributed by atoms with Gasteiger partial charge in [-0.1, -0.05) is 19.3 Å². The van der Waals surface area contributed by atoms with Crippen LogP contribution in [0.5, 0.6) is 0 Å². The first-order valence-electron chi connectivity index (χ1n) is 6.92. The third kappa shape index (κ3) is 4.03. The van der Waals surface area contributed by atoms with Crippen molar-refractivity contribution >= 4 is 17.2 Å². The average Bonchev–Trinajstić information content (AvgIpc) is 2.76. The number of aliphatic hydroxyl groups is 1. The quantitative estimate of drug-likeness (QED) is 0.722. The van der Waals surface area contributed by atoms with Crippen molar-refractivity contribution in [3.8, 4) is 0 Å². The normalized spacial score (nSPS) is 24.1. The van der Waals surface area contributed by atoms with Gasteiger partial charge in [0.05, 0.1) is 5.56 Å². The minimum Gasteiger partial charge on any atom is -0.396 e. The maximum atomic E-state index is 11.0. The lowest BCUT2D eigenvalue weighted by atomic mass is 9.95. The van der Waals surface area contributed by atoms with Crippen molar-refractivity contribution in [2.75, 3.05) is 6.61 Å². The first-order chi connectivity index (χ1) is 9.20. The van der Waals surface area contributed by atoms with E-state index in [-0.39, 0.29) is 12.5 Å². The van der Waals surface area contributed by atoms with Crippen LogP contribution in [-0.2, 0) is 6.54 Å². The van der Waals surface area contributed by atoms with Gasteiger partial charge < -0.3 is 16.2 Å². The molecule has 4 N–H and O–H groups in total. The fourth-order valence-corrected chi connectivity index (χ4v) is 3.53. The number of nitrogens with one attached hydrogen (secondary N) is 1. The Balaban J connectivity index is 1.90. The molecule has 1 amide bonds. The molecule has 4 nitrogen and oxygen atoms in total. The second-order valence-corrected chi connectivity index (χ2v) is 6.23. The number of hydrogen-bond acceptors (Lipinski definition) is 4. The van der Waals surface area contributed by atoms with E-state index in [1.54, 1.807) is 16.7 Å². The molecule has 0 radical (unpaired) electrons. The highest BCUT2D eigenvalue weighted by Gasteiger charge is 2.22. The third-order valence-corrected chi connectivity index (χ3v) is 4.81. The molecule has 0 saturated heterocycles. The Bertz CT molecular complexity index is 419. The molecular formula is C14H22N2O2S.